The number of rotatable bonds is 8. The fraction of sp³-hybridized carbons (Fsp3) is 0.250. The van der Waals surface area contributed by atoms with Crippen LogP contribution in [0.25, 0.3) is 35.7 Å². The molecule has 0 fully saturated rings. The maximum absolute atomic E-state index is 13.6. The first kappa shape index (κ1) is 42.7. The number of aryl methyl sites for hydroxylation is 6. The topological polar surface area (TPSA) is 123 Å². The Morgan fingerprint density at radius 1 is 0.562 bits per heavy atom. The first-order chi connectivity index (χ1) is 30.9. The second-order valence-electron chi connectivity index (χ2n) is 16.0. The minimum absolute atomic E-state index is 0.0507. The molecule has 0 saturated heterocycles. The van der Waals surface area contributed by atoms with Crippen LogP contribution in [0.3, 0.4) is 0 Å². The predicted molar refractivity (Wildman–Crippen MR) is 245 cm³/mol. The van der Waals surface area contributed by atoms with Gasteiger partial charge in [-0.1, -0.05) is 35.3 Å². The van der Waals surface area contributed by atoms with E-state index in [1.54, 1.807) is 36.9 Å². The highest BCUT2D eigenvalue weighted by Crippen LogP contribution is 2.35. The molecule has 12 nitrogen and oxygen atoms in total. The van der Waals surface area contributed by atoms with Gasteiger partial charge in [-0.2, -0.15) is 10.2 Å². The molecule has 0 spiro atoms. The Bertz CT molecular complexity index is 2850. The summed E-state index contributed by atoms with van der Waals surface area (Å²) in [5.41, 5.74) is 9.33. The fourth-order valence-corrected chi connectivity index (χ4v) is 8.65. The minimum Gasteiger partial charge on any atom is -0.304 e. The molecule has 8 heterocycles. The number of hydrogen-bond donors (Lipinski definition) is 0. The maximum atomic E-state index is 13.6. The van der Waals surface area contributed by atoms with E-state index < -0.39 is 11.6 Å². The highest BCUT2D eigenvalue weighted by molar-refractivity contribution is 6.31. The van der Waals surface area contributed by atoms with Crippen LogP contribution in [0.5, 0.6) is 0 Å². The van der Waals surface area contributed by atoms with Crippen molar-refractivity contribution in [2.45, 2.75) is 78.3 Å². The van der Waals surface area contributed by atoms with Gasteiger partial charge in [-0.05, 0) is 137 Å². The van der Waals surface area contributed by atoms with Crippen LogP contribution in [0.1, 0.15) is 106 Å². The quantitative estimate of drug-likeness (QED) is 0.148. The molecule has 2 aliphatic rings. The molecule has 2 aliphatic heterocycles. The van der Waals surface area contributed by atoms with Crippen LogP contribution in [-0.2, 0) is 13.1 Å². The fourth-order valence-electron chi connectivity index (χ4n) is 8.27. The van der Waals surface area contributed by atoms with Crippen molar-refractivity contribution in [2.75, 3.05) is 0 Å². The number of pyridine rings is 2. The average Bonchev–Trinajstić information content (AvgIpc) is 4.11. The second-order valence-corrected chi connectivity index (χ2v) is 16.8. The third kappa shape index (κ3) is 9.20. The number of hydrogen-bond acceptors (Lipinski definition) is 8. The number of imidazole rings is 2. The summed E-state index contributed by atoms with van der Waals surface area (Å²) < 4.78 is 35.0. The summed E-state index contributed by atoms with van der Waals surface area (Å²) >= 11 is 12.0. The lowest BCUT2D eigenvalue weighted by molar-refractivity contribution is 0.445. The van der Waals surface area contributed by atoms with E-state index in [0.29, 0.717) is 11.6 Å². The number of fused-ring (bicyclic) bond motifs is 2. The number of benzene rings is 2. The highest BCUT2D eigenvalue weighted by atomic mass is 35.5. The van der Waals surface area contributed by atoms with Gasteiger partial charge in [0.15, 0.2) is 11.6 Å². The van der Waals surface area contributed by atoms with E-state index in [9.17, 15) is 8.78 Å². The van der Waals surface area contributed by atoms with Crippen molar-refractivity contribution in [1.29, 1.82) is 0 Å². The second kappa shape index (κ2) is 18.2. The Morgan fingerprint density at radius 3 is 1.38 bits per heavy atom. The largest absolute Gasteiger partial charge is 0.304 e. The number of aromatic nitrogens is 12. The zero-order valence-corrected chi connectivity index (χ0v) is 37.2. The van der Waals surface area contributed by atoms with Crippen molar-refractivity contribution >= 4 is 47.5 Å². The molecule has 0 amide bonds. The molecule has 0 bridgehead atoms. The standard InChI is InChI=1S/2C24H22ClFN6/c2*1-15-13-31(14-27-15)22-9-6-18(28-16(22)2)7-10-23-29-24-19(4-3-11-32(24)30-23)17-5-8-21(26)20(25)12-17/h2*5-10,12-14,19H,3-4,11H2,1-2H3/b2*10-7+/t2*19-/m10/s1. The summed E-state index contributed by atoms with van der Waals surface area (Å²) in [4.78, 5) is 27.4. The summed E-state index contributed by atoms with van der Waals surface area (Å²) in [6.07, 6.45) is 18.9. The van der Waals surface area contributed by atoms with Gasteiger partial charge in [-0.3, -0.25) is 9.97 Å². The van der Waals surface area contributed by atoms with Gasteiger partial charge < -0.3 is 9.13 Å². The van der Waals surface area contributed by atoms with Crippen molar-refractivity contribution in [1.82, 2.24) is 58.6 Å². The normalized spacial score (nSPS) is 15.9. The van der Waals surface area contributed by atoms with Gasteiger partial charge >= 0.3 is 0 Å². The molecule has 0 radical (unpaired) electrons. The van der Waals surface area contributed by atoms with Crippen LogP contribution in [0.2, 0.25) is 10.0 Å². The summed E-state index contributed by atoms with van der Waals surface area (Å²) in [6.45, 7) is 9.52. The molecule has 16 heteroatoms. The number of halogens is 4. The van der Waals surface area contributed by atoms with Crippen molar-refractivity contribution in [2.24, 2.45) is 0 Å². The lowest BCUT2D eigenvalue weighted by Crippen LogP contribution is -2.18. The van der Waals surface area contributed by atoms with E-state index in [0.717, 1.165) is 107 Å². The maximum Gasteiger partial charge on any atom is 0.174 e. The van der Waals surface area contributed by atoms with Crippen molar-refractivity contribution in [3.63, 3.8) is 0 Å². The van der Waals surface area contributed by atoms with E-state index in [1.165, 1.54) is 12.1 Å². The molecule has 2 atom stereocenters. The van der Waals surface area contributed by atoms with Crippen LogP contribution in [-0.4, -0.2) is 58.6 Å². The molecule has 8 aromatic rings. The smallest absolute Gasteiger partial charge is 0.174 e. The molecular weight excluding hydrogens is 854 g/mol. The van der Waals surface area contributed by atoms with Gasteiger partial charge in [0.25, 0.3) is 0 Å². The minimum atomic E-state index is -0.409. The lowest BCUT2D eigenvalue weighted by Gasteiger charge is -2.22. The monoisotopic (exact) mass is 896 g/mol. The molecule has 0 saturated carbocycles. The van der Waals surface area contributed by atoms with Gasteiger partial charge in [0.05, 0.1) is 68.2 Å². The Morgan fingerprint density at radius 2 is 1.00 bits per heavy atom. The zero-order chi connectivity index (χ0) is 44.5. The average molecular weight is 898 g/mol. The van der Waals surface area contributed by atoms with Gasteiger partial charge in [-0.25, -0.2) is 38.1 Å². The van der Waals surface area contributed by atoms with Crippen LogP contribution >= 0.6 is 23.2 Å². The van der Waals surface area contributed by atoms with Crippen LogP contribution in [0, 0.1) is 39.3 Å². The van der Waals surface area contributed by atoms with Gasteiger partial charge in [0.1, 0.15) is 23.3 Å². The molecular formula is C48H44Cl2F2N12. The van der Waals surface area contributed by atoms with Gasteiger partial charge in [0, 0.05) is 37.3 Å². The molecule has 64 heavy (non-hydrogen) atoms. The molecule has 0 N–H and O–H groups in total. The first-order valence-electron chi connectivity index (χ1n) is 21.1. The summed E-state index contributed by atoms with van der Waals surface area (Å²) in [6, 6.07) is 17.8. The molecule has 0 unspecified atom stereocenters. The van der Waals surface area contributed by atoms with Crippen molar-refractivity contribution < 1.29 is 8.78 Å². The van der Waals surface area contributed by atoms with Crippen molar-refractivity contribution in [3.8, 4) is 11.4 Å². The van der Waals surface area contributed by atoms with Crippen LogP contribution in [0.4, 0.5) is 8.78 Å². The van der Waals surface area contributed by atoms with Crippen LogP contribution in [0.15, 0.2) is 85.7 Å². The summed E-state index contributed by atoms with van der Waals surface area (Å²) in [7, 11) is 0. The number of nitrogens with zero attached hydrogens (tertiary/aromatic N) is 12. The van der Waals surface area contributed by atoms with Gasteiger partial charge in [0.2, 0.25) is 0 Å². The van der Waals surface area contributed by atoms with E-state index >= 15 is 0 Å². The molecule has 324 valence electrons. The van der Waals surface area contributed by atoms with Gasteiger partial charge in [-0.15, -0.1) is 0 Å². The Hall–Kier alpha value is -6.64. The predicted octanol–water partition coefficient (Wildman–Crippen LogP) is 10.7. The lowest BCUT2D eigenvalue weighted by atomic mass is 9.91. The summed E-state index contributed by atoms with van der Waals surface area (Å²) in [5, 5.41) is 9.56. The molecule has 6 aromatic heterocycles. The zero-order valence-electron chi connectivity index (χ0n) is 35.7. The molecule has 10 rings (SSSR count). The Balaban J connectivity index is 0.000000162. The summed E-state index contributed by atoms with van der Waals surface area (Å²) in [5.74, 6) is 2.32. The molecule has 0 aliphatic carbocycles. The van der Waals surface area contributed by atoms with E-state index in [-0.39, 0.29) is 21.9 Å². The third-order valence-corrected chi connectivity index (χ3v) is 12.0. The van der Waals surface area contributed by atoms with Crippen molar-refractivity contribution in [3.05, 3.63) is 176 Å². The Labute approximate surface area is 379 Å². The Kier molecular flexibility index (Phi) is 12.1. The van der Waals surface area contributed by atoms with E-state index in [4.69, 9.17) is 33.2 Å². The van der Waals surface area contributed by atoms with E-state index in [1.807, 2.05) is 107 Å². The van der Waals surface area contributed by atoms with Crippen LogP contribution < -0.4 is 0 Å². The molecule has 2 aromatic carbocycles. The van der Waals surface area contributed by atoms with E-state index in [2.05, 4.69) is 30.1 Å². The SMILES string of the molecule is Cc1cn(-c2ccc(/C=C/c3nc4n(n3)CCC[C@@H]4c3ccc(F)c(Cl)c3)nc2C)cn1.Cc1cn(-c2ccc(/C=C/c3nc4n(n3)CCC[C@H]4c3ccc(F)c(Cl)c3)nc2C)cn1. The third-order valence-electron chi connectivity index (χ3n) is 11.4. The highest BCUT2D eigenvalue weighted by Gasteiger charge is 2.27. The first-order valence-corrected chi connectivity index (χ1v) is 21.8.